The molecule has 2 rings (SSSR count). The molecule has 2 aromatic heterocycles. The Morgan fingerprint density at radius 1 is 1.31 bits per heavy atom. The van der Waals surface area contributed by atoms with E-state index in [0.29, 0.717) is 16.8 Å². The van der Waals surface area contributed by atoms with Crippen molar-refractivity contribution in [2.24, 2.45) is 0 Å². The van der Waals surface area contributed by atoms with Crippen LogP contribution in [0.3, 0.4) is 0 Å². The summed E-state index contributed by atoms with van der Waals surface area (Å²) in [5.74, 6) is 0.750. The van der Waals surface area contributed by atoms with E-state index in [0.717, 1.165) is 0 Å². The largest absolute Gasteiger partial charge is 0.382 e. The van der Waals surface area contributed by atoms with Crippen LogP contribution < -0.4 is 5.73 Å². The zero-order valence-electron chi connectivity index (χ0n) is 6.55. The van der Waals surface area contributed by atoms with Gasteiger partial charge in [-0.3, -0.25) is 0 Å². The van der Waals surface area contributed by atoms with Crippen molar-refractivity contribution >= 4 is 17.4 Å². The first-order valence-corrected chi connectivity index (χ1v) is 3.93. The normalized spacial score (nSPS) is 10.2. The molecule has 5 nitrogen and oxygen atoms in total. The molecule has 13 heavy (non-hydrogen) atoms. The first-order chi connectivity index (χ1) is 6.29. The molecule has 0 radical (unpaired) electrons. The van der Waals surface area contributed by atoms with E-state index in [2.05, 4.69) is 15.1 Å². The average molecular weight is 196 g/mol. The van der Waals surface area contributed by atoms with Crippen LogP contribution in [-0.2, 0) is 0 Å². The van der Waals surface area contributed by atoms with Crippen molar-refractivity contribution in [3.63, 3.8) is 0 Å². The summed E-state index contributed by atoms with van der Waals surface area (Å²) in [6.45, 7) is 0. The van der Waals surface area contributed by atoms with Crippen LogP contribution in [0.5, 0.6) is 0 Å². The summed E-state index contributed by atoms with van der Waals surface area (Å²) in [6.07, 6.45) is 4.67. The summed E-state index contributed by atoms with van der Waals surface area (Å²) >= 11 is 5.72. The lowest BCUT2D eigenvalue weighted by atomic mass is 10.6. The number of halogens is 1. The van der Waals surface area contributed by atoms with Gasteiger partial charge in [0.1, 0.15) is 10.8 Å². The van der Waals surface area contributed by atoms with Gasteiger partial charge in [0, 0.05) is 12.4 Å². The standard InChI is InChI=1S/C7H6ClN5/c8-5-4-12-13(6(5)9)7-10-2-1-3-11-7/h1-4H,9H2. The predicted octanol–water partition coefficient (Wildman–Crippen LogP) is 0.898. The van der Waals surface area contributed by atoms with Crippen LogP contribution in [-0.4, -0.2) is 19.7 Å². The lowest BCUT2D eigenvalue weighted by molar-refractivity contribution is 0.817. The van der Waals surface area contributed by atoms with Crippen molar-refractivity contribution in [1.29, 1.82) is 0 Å². The van der Waals surface area contributed by atoms with Crippen LogP contribution in [0.1, 0.15) is 0 Å². The molecule has 0 aromatic carbocycles. The van der Waals surface area contributed by atoms with Crippen molar-refractivity contribution < 1.29 is 0 Å². The van der Waals surface area contributed by atoms with Crippen LogP contribution >= 0.6 is 11.6 Å². The van der Waals surface area contributed by atoms with E-state index in [9.17, 15) is 0 Å². The van der Waals surface area contributed by atoms with Gasteiger partial charge in [-0.15, -0.1) is 0 Å². The number of hydrogen-bond donors (Lipinski definition) is 1. The van der Waals surface area contributed by atoms with Crippen LogP contribution in [0.4, 0.5) is 5.82 Å². The molecule has 66 valence electrons. The molecule has 0 saturated heterocycles. The Hall–Kier alpha value is -1.62. The molecule has 0 amide bonds. The summed E-state index contributed by atoms with van der Waals surface area (Å²) in [7, 11) is 0. The Kier molecular flexibility index (Phi) is 1.86. The van der Waals surface area contributed by atoms with Gasteiger partial charge in [0.25, 0.3) is 5.95 Å². The quantitative estimate of drug-likeness (QED) is 0.734. The van der Waals surface area contributed by atoms with Crippen molar-refractivity contribution in [3.8, 4) is 5.95 Å². The summed E-state index contributed by atoms with van der Waals surface area (Å²) in [5, 5.41) is 4.32. The monoisotopic (exact) mass is 195 g/mol. The third kappa shape index (κ3) is 1.33. The highest BCUT2D eigenvalue weighted by Crippen LogP contribution is 2.18. The number of aromatic nitrogens is 4. The third-order valence-corrected chi connectivity index (χ3v) is 1.79. The topological polar surface area (TPSA) is 69.6 Å². The van der Waals surface area contributed by atoms with E-state index in [1.165, 1.54) is 10.9 Å². The zero-order chi connectivity index (χ0) is 9.26. The molecule has 0 saturated carbocycles. The molecule has 0 aliphatic rings. The first-order valence-electron chi connectivity index (χ1n) is 3.55. The molecule has 0 aliphatic heterocycles. The highest BCUT2D eigenvalue weighted by Gasteiger charge is 2.07. The molecular formula is C7H6ClN5. The van der Waals surface area contributed by atoms with E-state index >= 15 is 0 Å². The van der Waals surface area contributed by atoms with Crippen molar-refractivity contribution in [1.82, 2.24) is 19.7 Å². The fraction of sp³-hybridized carbons (Fsp3) is 0. The van der Waals surface area contributed by atoms with Gasteiger partial charge >= 0.3 is 0 Å². The van der Waals surface area contributed by atoms with Gasteiger partial charge in [-0.2, -0.15) is 9.78 Å². The van der Waals surface area contributed by atoms with Gasteiger partial charge in [0.2, 0.25) is 0 Å². The second-order valence-electron chi connectivity index (χ2n) is 2.34. The Labute approximate surface area is 79.2 Å². The molecule has 0 atom stereocenters. The number of anilines is 1. The van der Waals surface area contributed by atoms with Gasteiger partial charge in [0.05, 0.1) is 6.20 Å². The van der Waals surface area contributed by atoms with Crippen molar-refractivity contribution in [2.75, 3.05) is 5.73 Å². The summed E-state index contributed by atoms with van der Waals surface area (Å²) in [5.41, 5.74) is 5.62. The highest BCUT2D eigenvalue weighted by atomic mass is 35.5. The van der Waals surface area contributed by atoms with Gasteiger partial charge in [-0.1, -0.05) is 11.6 Å². The number of hydrogen-bond acceptors (Lipinski definition) is 4. The molecular weight excluding hydrogens is 190 g/mol. The Morgan fingerprint density at radius 3 is 2.54 bits per heavy atom. The molecule has 0 bridgehead atoms. The Morgan fingerprint density at radius 2 is 2.00 bits per heavy atom. The summed E-state index contributed by atoms with van der Waals surface area (Å²) in [4.78, 5) is 7.95. The number of nitrogens with zero attached hydrogens (tertiary/aromatic N) is 4. The lowest BCUT2D eigenvalue weighted by Crippen LogP contribution is -2.05. The first kappa shape index (κ1) is 8.00. The van der Waals surface area contributed by atoms with Crippen molar-refractivity contribution in [2.45, 2.75) is 0 Å². The molecule has 0 unspecified atom stereocenters. The Bertz CT molecular complexity index is 410. The minimum Gasteiger partial charge on any atom is -0.382 e. The second kappa shape index (κ2) is 3.02. The van der Waals surface area contributed by atoms with Gasteiger partial charge < -0.3 is 5.73 Å². The second-order valence-corrected chi connectivity index (χ2v) is 2.75. The number of nitrogen functional groups attached to an aromatic ring is 1. The van der Waals surface area contributed by atoms with Gasteiger partial charge in [-0.05, 0) is 6.07 Å². The third-order valence-electron chi connectivity index (χ3n) is 1.50. The van der Waals surface area contributed by atoms with E-state index < -0.39 is 0 Å². The molecule has 2 aromatic rings. The van der Waals surface area contributed by atoms with Crippen LogP contribution in [0.2, 0.25) is 5.02 Å². The zero-order valence-corrected chi connectivity index (χ0v) is 7.31. The van der Waals surface area contributed by atoms with E-state index in [1.54, 1.807) is 18.5 Å². The molecule has 0 aliphatic carbocycles. The van der Waals surface area contributed by atoms with E-state index in [1.807, 2.05) is 0 Å². The van der Waals surface area contributed by atoms with Crippen LogP contribution in [0, 0.1) is 0 Å². The minimum absolute atomic E-state index is 0.341. The maximum atomic E-state index is 5.72. The fourth-order valence-electron chi connectivity index (χ4n) is 0.898. The Balaban J connectivity index is 2.53. The van der Waals surface area contributed by atoms with Gasteiger partial charge in [-0.25, -0.2) is 9.97 Å². The van der Waals surface area contributed by atoms with Crippen molar-refractivity contribution in [3.05, 3.63) is 29.7 Å². The van der Waals surface area contributed by atoms with Crippen LogP contribution in [0.15, 0.2) is 24.7 Å². The summed E-state index contributed by atoms with van der Waals surface area (Å²) < 4.78 is 1.38. The molecule has 0 fully saturated rings. The maximum absolute atomic E-state index is 5.72. The number of nitrogens with two attached hydrogens (primary N) is 1. The lowest BCUT2D eigenvalue weighted by Gasteiger charge is -1.99. The molecule has 2 N–H and O–H groups in total. The number of rotatable bonds is 1. The van der Waals surface area contributed by atoms with E-state index in [-0.39, 0.29) is 0 Å². The molecule has 6 heteroatoms. The minimum atomic E-state index is 0.341. The average Bonchev–Trinajstić information content (AvgIpc) is 2.49. The van der Waals surface area contributed by atoms with E-state index in [4.69, 9.17) is 17.3 Å². The smallest absolute Gasteiger partial charge is 0.252 e. The highest BCUT2D eigenvalue weighted by molar-refractivity contribution is 6.32. The predicted molar refractivity (Wildman–Crippen MR) is 48.6 cm³/mol. The SMILES string of the molecule is Nc1c(Cl)cnn1-c1ncccn1. The molecule has 2 heterocycles. The molecule has 0 spiro atoms. The maximum Gasteiger partial charge on any atom is 0.252 e. The van der Waals surface area contributed by atoms with Crippen LogP contribution in [0.25, 0.3) is 5.95 Å². The van der Waals surface area contributed by atoms with Gasteiger partial charge in [0.15, 0.2) is 0 Å². The fourth-order valence-corrected chi connectivity index (χ4v) is 1.02. The summed E-state index contributed by atoms with van der Waals surface area (Å²) in [6, 6.07) is 1.71.